The molecule has 76 valence electrons. The molecule has 1 atom stereocenters. The number of hydrogen-bond donors (Lipinski definition) is 2. The minimum absolute atomic E-state index is 0.0396. The smallest absolute Gasteiger partial charge is 0.128 e. The average molecular weight is 257 g/mol. The molecule has 4 nitrogen and oxygen atoms in total. The summed E-state index contributed by atoms with van der Waals surface area (Å²) in [7, 11) is 0. The van der Waals surface area contributed by atoms with Crippen molar-refractivity contribution in [2.45, 2.75) is 20.4 Å². The van der Waals surface area contributed by atoms with E-state index in [0.717, 1.165) is 16.1 Å². The van der Waals surface area contributed by atoms with Crippen molar-refractivity contribution in [2.75, 3.05) is 6.54 Å². The number of H-pyrrole nitrogens is 1. The molecule has 1 rings (SSSR count). The topological polar surface area (TPSA) is 64.5 Å². The van der Waals surface area contributed by atoms with E-state index in [1.807, 2.05) is 13.8 Å². The van der Waals surface area contributed by atoms with Crippen LogP contribution in [0.1, 0.15) is 18.4 Å². The van der Waals surface area contributed by atoms with Gasteiger partial charge in [0.2, 0.25) is 0 Å². The molecule has 1 aromatic rings. The molecule has 0 fully saturated rings. The van der Waals surface area contributed by atoms with Crippen LogP contribution in [0.25, 0.3) is 0 Å². The second-order valence-corrected chi connectivity index (χ2v) is 4.00. The van der Waals surface area contributed by atoms with Gasteiger partial charge in [-0.25, -0.2) is 4.98 Å². The fraction of sp³-hybridized carbons (Fsp3) is 0.556. The van der Waals surface area contributed by atoms with Gasteiger partial charge < -0.3 is 10.3 Å². The zero-order chi connectivity index (χ0) is 10.6. The average Bonchev–Trinajstić information content (AvgIpc) is 2.45. The molecule has 0 bridgehead atoms. The summed E-state index contributed by atoms with van der Waals surface area (Å²) in [6.45, 7) is 5.20. The Hall–Kier alpha value is -0.860. The van der Waals surface area contributed by atoms with Crippen molar-refractivity contribution in [3.05, 3.63) is 16.1 Å². The molecule has 14 heavy (non-hydrogen) atoms. The summed E-state index contributed by atoms with van der Waals surface area (Å²) in [6.07, 6.45) is 0. The van der Waals surface area contributed by atoms with Crippen LogP contribution in [0.2, 0.25) is 0 Å². The highest BCUT2D eigenvalue weighted by Gasteiger charge is 2.05. The number of nitrogens with zero attached hydrogens (tertiary/aromatic N) is 2. The van der Waals surface area contributed by atoms with Gasteiger partial charge in [0.15, 0.2) is 0 Å². The Morgan fingerprint density at radius 3 is 2.93 bits per heavy atom. The van der Waals surface area contributed by atoms with Crippen molar-refractivity contribution in [2.24, 2.45) is 5.92 Å². The van der Waals surface area contributed by atoms with Gasteiger partial charge in [0.05, 0.1) is 17.7 Å². The van der Waals surface area contributed by atoms with Gasteiger partial charge in [-0.3, -0.25) is 0 Å². The fourth-order valence-corrected chi connectivity index (χ4v) is 1.59. The van der Waals surface area contributed by atoms with Crippen molar-refractivity contribution in [1.82, 2.24) is 15.3 Å². The van der Waals surface area contributed by atoms with Crippen LogP contribution in [0.4, 0.5) is 0 Å². The van der Waals surface area contributed by atoms with Crippen molar-refractivity contribution in [3.8, 4) is 6.07 Å². The highest BCUT2D eigenvalue weighted by Crippen LogP contribution is 2.12. The third kappa shape index (κ3) is 3.13. The fourth-order valence-electron chi connectivity index (χ4n) is 1.09. The maximum absolute atomic E-state index is 8.57. The van der Waals surface area contributed by atoms with Crippen LogP contribution in [0.3, 0.4) is 0 Å². The number of nitrogens with one attached hydrogen (secondary N) is 2. The molecule has 1 aromatic heterocycles. The molecular formula is C9H13BrN4. The molecule has 0 aliphatic heterocycles. The summed E-state index contributed by atoms with van der Waals surface area (Å²) >= 11 is 3.35. The van der Waals surface area contributed by atoms with Crippen LogP contribution in [-0.4, -0.2) is 16.5 Å². The van der Waals surface area contributed by atoms with Gasteiger partial charge in [-0.15, -0.1) is 0 Å². The molecule has 0 saturated carbocycles. The van der Waals surface area contributed by atoms with Gasteiger partial charge in [0.1, 0.15) is 10.4 Å². The highest BCUT2D eigenvalue weighted by atomic mass is 79.9. The quantitative estimate of drug-likeness (QED) is 0.863. The van der Waals surface area contributed by atoms with Gasteiger partial charge in [-0.05, 0) is 29.8 Å². The van der Waals surface area contributed by atoms with E-state index in [2.05, 4.69) is 37.3 Å². The predicted octanol–water partition coefficient (Wildman–Crippen LogP) is 1.73. The Kier molecular flexibility index (Phi) is 4.11. The van der Waals surface area contributed by atoms with Crippen molar-refractivity contribution < 1.29 is 0 Å². The van der Waals surface area contributed by atoms with Crippen LogP contribution < -0.4 is 5.32 Å². The Bertz CT molecular complexity index is 339. The second kappa shape index (κ2) is 5.13. The van der Waals surface area contributed by atoms with Crippen LogP contribution in [-0.2, 0) is 6.54 Å². The van der Waals surface area contributed by atoms with Crippen LogP contribution in [0, 0.1) is 24.2 Å². The van der Waals surface area contributed by atoms with E-state index in [1.54, 1.807) is 0 Å². The number of aryl methyl sites for hydroxylation is 1. The number of imidazole rings is 1. The number of halogens is 1. The summed E-state index contributed by atoms with van der Waals surface area (Å²) in [5, 5.41) is 11.8. The summed E-state index contributed by atoms with van der Waals surface area (Å²) < 4.78 is 0.840. The van der Waals surface area contributed by atoms with Crippen LogP contribution in [0.5, 0.6) is 0 Å². The summed E-state index contributed by atoms with van der Waals surface area (Å²) in [6, 6.07) is 2.17. The van der Waals surface area contributed by atoms with Gasteiger partial charge in [0.25, 0.3) is 0 Å². The zero-order valence-corrected chi connectivity index (χ0v) is 9.85. The first kappa shape index (κ1) is 11.2. The third-order valence-electron chi connectivity index (χ3n) is 1.82. The summed E-state index contributed by atoms with van der Waals surface area (Å²) in [5.74, 6) is 0.930. The number of hydrogen-bond acceptors (Lipinski definition) is 3. The highest BCUT2D eigenvalue weighted by molar-refractivity contribution is 9.10. The SMILES string of the molecule is Cc1nc(Br)c(CNCC(C)C#N)[nH]1. The summed E-state index contributed by atoms with van der Waals surface area (Å²) in [4.78, 5) is 7.32. The molecule has 0 spiro atoms. The van der Waals surface area contributed by atoms with Crippen molar-refractivity contribution >= 4 is 15.9 Å². The molecule has 1 unspecified atom stereocenters. The Labute approximate surface area is 91.9 Å². The largest absolute Gasteiger partial charge is 0.344 e. The number of nitriles is 1. The van der Waals surface area contributed by atoms with E-state index in [9.17, 15) is 0 Å². The lowest BCUT2D eigenvalue weighted by molar-refractivity contribution is 0.595. The molecule has 1 heterocycles. The standard InChI is InChI=1S/C9H13BrN4/c1-6(3-11)4-12-5-8-9(10)14-7(2)13-8/h6,12H,4-5H2,1-2H3,(H,13,14). The molecule has 5 heteroatoms. The first-order chi connectivity index (χ1) is 6.63. The van der Waals surface area contributed by atoms with Gasteiger partial charge >= 0.3 is 0 Å². The van der Waals surface area contributed by atoms with E-state index in [1.165, 1.54) is 0 Å². The molecule has 0 aromatic carbocycles. The minimum Gasteiger partial charge on any atom is -0.344 e. The van der Waals surface area contributed by atoms with Gasteiger partial charge in [0, 0.05) is 13.1 Å². The Balaban J connectivity index is 2.39. The molecule has 0 aliphatic carbocycles. The van der Waals surface area contributed by atoms with E-state index in [-0.39, 0.29) is 5.92 Å². The molecule has 0 aliphatic rings. The first-order valence-corrected chi connectivity index (χ1v) is 5.24. The van der Waals surface area contributed by atoms with E-state index < -0.39 is 0 Å². The Morgan fingerprint density at radius 2 is 2.43 bits per heavy atom. The lowest BCUT2D eigenvalue weighted by Gasteiger charge is -2.03. The van der Waals surface area contributed by atoms with Crippen LogP contribution >= 0.6 is 15.9 Å². The van der Waals surface area contributed by atoms with E-state index in [0.29, 0.717) is 13.1 Å². The number of rotatable bonds is 4. The van der Waals surface area contributed by atoms with Crippen molar-refractivity contribution in [1.29, 1.82) is 5.26 Å². The lowest BCUT2D eigenvalue weighted by atomic mass is 10.2. The van der Waals surface area contributed by atoms with Gasteiger partial charge in [-0.2, -0.15) is 5.26 Å². The third-order valence-corrected chi connectivity index (χ3v) is 2.48. The first-order valence-electron chi connectivity index (χ1n) is 4.44. The lowest BCUT2D eigenvalue weighted by Crippen LogP contribution is -2.20. The van der Waals surface area contributed by atoms with E-state index >= 15 is 0 Å². The molecule has 0 radical (unpaired) electrons. The zero-order valence-electron chi connectivity index (χ0n) is 8.26. The number of aromatic amines is 1. The molecular weight excluding hydrogens is 244 g/mol. The monoisotopic (exact) mass is 256 g/mol. The molecule has 0 amide bonds. The molecule has 0 saturated heterocycles. The normalized spacial score (nSPS) is 12.4. The minimum atomic E-state index is 0.0396. The molecule has 2 N–H and O–H groups in total. The number of aromatic nitrogens is 2. The maximum atomic E-state index is 8.57. The Morgan fingerprint density at radius 1 is 1.71 bits per heavy atom. The summed E-state index contributed by atoms with van der Waals surface area (Å²) in [5.41, 5.74) is 1.02. The second-order valence-electron chi connectivity index (χ2n) is 3.25. The van der Waals surface area contributed by atoms with Crippen molar-refractivity contribution in [3.63, 3.8) is 0 Å². The predicted molar refractivity (Wildman–Crippen MR) is 57.5 cm³/mol. The van der Waals surface area contributed by atoms with E-state index in [4.69, 9.17) is 5.26 Å². The van der Waals surface area contributed by atoms with Gasteiger partial charge in [-0.1, -0.05) is 0 Å². The van der Waals surface area contributed by atoms with Crippen LogP contribution in [0.15, 0.2) is 4.60 Å². The maximum Gasteiger partial charge on any atom is 0.128 e.